The summed E-state index contributed by atoms with van der Waals surface area (Å²) in [5.41, 5.74) is 0.00757. The molecule has 2 N–H and O–H groups in total. The van der Waals surface area contributed by atoms with E-state index in [1.165, 1.54) is 6.92 Å². The van der Waals surface area contributed by atoms with Crippen molar-refractivity contribution in [2.45, 2.75) is 46.6 Å². The molecular weight excluding hydrogens is 318 g/mol. The van der Waals surface area contributed by atoms with E-state index in [2.05, 4.69) is 24.5 Å². The van der Waals surface area contributed by atoms with Crippen LogP contribution in [0.5, 0.6) is 0 Å². The normalized spacial score (nSPS) is 12.1. The highest BCUT2D eigenvalue weighted by molar-refractivity contribution is 5.98. The number of rotatable bonds is 8. The summed E-state index contributed by atoms with van der Waals surface area (Å²) in [5, 5.41) is 4.81. The van der Waals surface area contributed by atoms with Crippen molar-refractivity contribution in [1.82, 2.24) is 0 Å². The molecule has 0 heterocycles. The average molecular weight is 342 g/mol. The van der Waals surface area contributed by atoms with Crippen molar-refractivity contribution in [1.29, 1.82) is 0 Å². The predicted molar refractivity (Wildman–Crippen MR) is 88.8 cm³/mol. The van der Waals surface area contributed by atoms with E-state index in [0.717, 1.165) is 18.6 Å². The van der Waals surface area contributed by atoms with Crippen molar-refractivity contribution in [3.8, 4) is 0 Å². The van der Waals surface area contributed by atoms with Crippen LogP contribution in [-0.4, -0.2) is 24.5 Å². The van der Waals surface area contributed by atoms with Gasteiger partial charge in [-0.25, -0.2) is 8.78 Å². The second-order valence-corrected chi connectivity index (χ2v) is 6.10. The maximum absolute atomic E-state index is 13.4. The Kier molecular flexibility index (Phi) is 7.78. The first-order chi connectivity index (χ1) is 11.2. The van der Waals surface area contributed by atoms with Gasteiger partial charge in [-0.3, -0.25) is 9.59 Å². The molecule has 0 saturated heterocycles. The molecule has 24 heavy (non-hydrogen) atoms. The number of carbonyl (C=O) groups is 2. The first-order valence-corrected chi connectivity index (χ1v) is 7.87. The molecule has 0 saturated carbocycles. The summed E-state index contributed by atoms with van der Waals surface area (Å²) in [4.78, 5) is 23.1. The zero-order valence-electron chi connectivity index (χ0n) is 14.4. The maximum atomic E-state index is 13.4. The molecule has 134 valence electrons. The van der Waals surface area contributed by atoms with E-state index in [9.17, 15) is 18.4 Å². The van der Waals surface area contributed by atoms with Gasteiger partial charge in [0, 0.05) is 19.1 Å². The van der Waals surface area contributed by atoms with E-state index in [0.29, 0.717) is 5.92 Å². The third-order valence-electron chi connectivity index (χ3n) is 3.18. The van der Waals surface area contributed by atoms with Crippen molar-refractivity contribution < 1.29 is 23.1 Å². The Morgan fingerprint density at radius 2 is 1.62 bits per heavy atom. The van der Waals surface area contributed by atoms with Crippen LogP contribution >= 0.6 is 0 Å². The van der Waals surface area contributed by atoms with E-state index in [-0.39, 0.29) is 30.5 Å². The monoisotopic (exact) mass is 342 g/mol. The SMILES string of the molecule is CC(=O)Nc1cc(F)c(F)cc1NC(=O)CCOC(C)CC(C)C. The van der Waals surface area contributed by atoms with Gasteiger partial charge in [0.15, 0.2) is 11.6 Å². The van der Waals surface area contributed by atoms with E-state index in [1.807, 2.05) is 6.92 Å². The highest BCUT2D eigenvalue weighted by Crippen LogP contribution is 2.25. The van der Waals surface area contributed by atoms with Crippen molar-refractivity contribution in [2.24, 2.45) is 5.92 Å². The van der Waals surface area contributed by atoms with Crippen LogP contribution in [0.1, 0.15) is 40.5 Å². The fourth-order valence-electron chi connectivity index (χ4n) is 2.24. The van der Waals surface area contributed by atoms with Gasteiger partial charge < -0.3 is 15.4 Å². The van der Waals surface area contributed by atoms with Crippen molar-refractivity contribution in [3.05, 3.63) is 23.8 Å². The van der Waals surface area contributed by atoms with Gasteiger partial charge in [-0.15, -0.1) is 0 Å². The fraction of sp³-hybridized carbons (Fsp3) is 0.529. The minimum atomic E-state index is -1.11. The molecular formula is C17H24F2N2O3. The molecule has 7 heteroatoms. The summed E-state index contributed by atoms with van der Waals surface area (Å²) in [6.07, 6.45) is 0.995. The predicted octanol–water partition coefficient (Wildman–Crippen LogP) is 3.70. The maximum Gasteiger partial charge on any atom is 0.226 e. The Balaban J connectivity index is 2.63. The molecule has 2 amide bonds. The lowest BCUT2D eigenvalue weighted by atomic mass is 10.1. The lowest BCUT2D eigenvalue weighted by Gasteiger charge is -2.15. The molecule has 0 aliphatic heterocycles. The standard InChI is InChI=1S/C17H24F2N2O3/c1-10(2)7-11(3)24-6-5-17(23)21-16-9-14(19)13(18)8-15(16)20-12(4)22/h8-11H,5-7H2,1-4H3,(H,20,22)(H,21,23). The van der Waals surface area contributed by atoms with Crippen LogP contribution in [0.2, 0.25) is 0 Å². The second-order valence-electron chi connectivity index (χ2n) is 6.10. The van der Waals surface area contributed by atoms with Gasteiger partial charge in [0.2, 0.25) is 11.8 Å². The molecule has 0 aromatic heterocycles. The molecule has 1 unspecified atom stereocenters. The topological polar surface area (TPSA) is 67.4 Å². The molecule has 0 bridgehead atoms. The quantitative estimate of drug-likeness (QED) is 0.757. The first-order valence-electron chi connectivity index (χ1n) is 7.87. The molecule has 1 aromatic carbocycles. The van der Waals surface area contributed by atoms with E-state index in [1.54, 1.807) is 0 Å². The summed E-state index contributed by atoms with van der Waals surface area (Å²) >= 11 is 0. The molecule has 0 fully saturated rings. The van der Waals surface area contributed by atoms with Gasteiger partial charge in [-0.1, -0.05) is 13.8 Å². The number of nitrogens with one attached hydrogen (secondary N) is 2. The largest absolute Gasteiger partial charge is 0.378 e. The minimum Gasteiger partial charge on any atom is -0.378 e. The summed E-state index contributed by atoms with van der Waals surface area (Å²) in [6, 6.07) is 1.66. The second kappa shape index (κ2) is 9.32. The number of amides is 2. The van der Waals surface area contributed by atoms with Gasteiger partial charge in [0.1, 0.15) is 0 Å². The van der Waals surface area contributed by atoms with Crippen LogP contribution in [0.25, 0.3) is 0 Å². The van der Waals surface area contributed by atoms with Crippen LogP contribution in [-0.2, 0) is 14.3 Å². The Morgan fingerprint density at radius 1 is 1.08 bits per heavy atom. The molecule has 0 spiro atoms. The number of hydrogen-bond acceptors (Lipinski definition) is 3. The molecule has 0 radical (unpaired) electrons. The molecule has 0 aliphatic rings. The van der Waals surface area contributed by atoms with Gasteiger partial charge in [0.05, 0.1) is 30.5 Å². The highest BCUT2D eigenvalue weighted by Gasteiger charge is 2.14. The zero-order chi connectivity index (χ0) is 18.3. The van der Waals surface area contributed by atoms with Crippen molar-refractivity contribution in [3.63, 3.8) is 0 Å². The summed E-state index contributed by atoms with van der Waals surface area (Å²) in [5.74, 6) is -2.59. The number of anilines is 2. The number of ether oxygens (including phenoxy) is 1. The molecule has 0 aliphatic carbocycles. The lowest BCUT2D eigenvalue weighted by Crippen LogP contribution is -2.19. The average Bonchev–Trinajstić information content (AvgIpc) is 2.42. The fourth-order valence-corrected chi connectivity index (χ4v) is 2.24. The Bertz CT molecular complexity index is 591. The highest BCUT2D eigenvalue weighted by atomic mass is 19.2. The van der Waals surface area contributed by atoms with Crippen LogP contribution in [0.15, 0.2) is 12.1 Å². The van der Waals surface area contributed by atoms with E-state index in [4.69, 9.17) is 4.74 Å². The summed E-state index contributed by atoms with van der Waals surface area (Å²) < 4.78 is 32.2. The number of hydrogen-bond donors (Lipinski definition) is 2. The number of carbonyl (C=O) groups excluding carboxylic acids is 2. The Morgan fingerprint density at radius 3 is 2.12 bits per heavy atom. The summed E-state index contributed by atoms with van der Waals surface area (Å²) in [7, 11) is 0. The Labute approximate surface area is 140 Å². The van der Waals surface area contributed by atoms with Gasteiger partial charge in [-0.2, -0.15) is 0 Å². The van der Waals surface area contributed by atoms with Gasteiger partial charge in [0.25, 0.3) is 0 Å². The van der Waals surface area contributed by atoms with Crippen LogP contribution in [0, 0.1) is 17.6 Å². The number of benzene rings is 1. The van der Waals surface area contributed by atoms with E-state index < -0.39 is 23.4 Å². The third-order valence-corrected chi connectivity index (χ3v) is 3.18. The third kappa shape index (κ3) is 7.04. The van der Waals surface area contributed by atoms with Gasteiger partial charge >= 0.3 is 0 Å². The van der Waals surface area contributed by atoms with Crippen molar-refractivity contribution >= 4 is 23.2 Å². The smallest absolute Gasteiger partial charge is 0.226 e. The molecule has 1 atom stereocenters. The lowest BCUT2D eigenvalue weighted by molar-refractivity contribution is -0.118. The van der Waals surface area contributed by atoms with Crippen LogP contribution < -0.4 is 10.6 Å². The first kappa shape index (κ1) is 20.0. The molecule has 5 nitrogen and oxygen atoms in total. The molecule has 1 aromatic rings. The van der Waals surface area contributed by atoms with Gasteiger partial charge in [-0.05, 0) is 19.3 Å². The molecule has 1 rings (SSSR count). The van der Waals surface area contributed by atoms with E-state index >= 15 is 0 Å². The van der Waals surface area contributed by atoms with Crippen LogP contribution in [0.4, 0.5) is 20.2 Å². The van der Waals surface area contributed by atoms with Crippen LogP contribution in [0.3, 0.4) is 0 Å². The number of halogens is 2. The minimum absolute atomic E-state index is 0.00356. The Hall–Kier alpha value is -2.02. The zero-order valence-corrected chi connectivity index (χ0v) is 14.4. The summed E-state index contributed by atoms with van der Waals surface area (Å²) in [6.45, 7) is 7.55. The van der Waals surface area contributed by atoms with Crippen molar-refractivity contribution in [2.75, 3.05) is 17.2 Å².